The van der Waals surface area contributed by atoms with E-state index in [-0.39, 0.29) is 24.6 Å². The largest absolute Gasteiger partial charge is 0.468 e. The monoisotopic (exact) mass is 265 g/mol. The van der Waals surface area contributed by atoms with Gasteiger partial charge in [-0.05, 0) is 0 Å². The Kier molecular flexibility index (Phi) is 6.63. The highest BCUT2D eigenvalue weighted by atomic mass is 35.5. The molecular formula is C8H12ClN3O3S. The second-order valence-electron chi connectivity index (χ2n) is 2.59. The first-order valence-corrected chi connectivity index (χ1v) is 5.04. The molecule has 0 spiro atoms. The van der Waals surface area contributed by atoms with Crippen LogP contribution in [-0.2, 0) is 16.1 Å². The Bertz CT molecular complexity index is 369. The fraction of sp³-hybridized carbons (Fsp3) is 0.375. The molecule has 1 heterocycles. The van der Waals surface area contributed by atoms with Crippen LogP contribution in [0.1, 0.15) is 15.5 Å². The number of amides is 1. The number of esters is 1. The molecule has 0 atom stereocenters. The molecule has 0 fully saturated rings. The van der Waals surface area contributed by atoms with E-state index in [9.17, 15) is 9.59 Å². The van der Waals surface area contributed by atoms with Crippen molar-refractivity contribution < 1.29 is 14.3 Å². The summed E-state index contributed by atoms with van der Waals surface area (Å²) in [6, 6.07) is 0. The molecule has 0 saturated carbocycles. The molecule has 1 aromatic rings. The number of methoxy groups -OCH3 is 1. The van der Waals surface area contributed by atoms with Gasteiger partial charge in [-0.1, -0.05) is 0 Å². The molecule has 8 heteroatoms. The fourth-order valence-corrected chi connectivity index (χ4v) is 1.48. The predicted octanol–water partition coefficient (Wildman–Crippen LogP) is -0.0736. The number of aromatic nitrogens is 1. The van der Waals surface area contributed by atoms with Crippen molar-refractivity contribution in [3.63, 3.8) is 0 Å². The molecule has 0 bridgehead atoms. The molecule has 0 aromatic carbocycles. The van der Waals surface area contributed by atoms with E-state index >= 15 is 0 Å². The van der Waals surface area contributed by atoms with E-state index in [1.807, 2.05) is 0 Å². The highest BCUT2D eigenvalue weighted by Crippen LogP contribution is 2.08. The van der Waals surface area contributed by atoms with Crippen LogP contribution in [0.25, 0.3) is 0 Å². The third-order valence-electron chi connectivity index (χ3n) is 1.58. The summed E-state index contributed by atoms with van der Waals surface area (Å²) in [5, 5.41) is 4.65. The van der Waals surface area contributed by atoms with Gasteiger partial charge in [0.1, 0.15) is 17.2 Å². The zero-order valence-electron chi connectivity index (χ0n) is 8.56. The average molecular weight is 266 g/mol. The number of halogens is 1. The lowest BCUT2D eigenvalue weighted by Gasteiger charge is -2.00. The topological polar surface area (TPSA) is 94.3 Å². The van der Waals surface area contributed by atoms with E-state index in [0.717, 1.165) is 0 Å². The first-order chi connectivity index (χ1) is 7.17. The van der Waals surface area contributed by atoms with Crippen molar-refractivity contribution in [1.82, 2.24) is 10.3 Å². The van der Waals surface area contributed by atoms with Gasteiger partial charge in [-0.25, -0.2) is 4.98 Å². The maximum Gasteiger partial charge on any atom is 0.325 e. The standard InChI is InChI=1S/C8H11N3O3S.ClH/c1-14-7(12)3-10-8(13)5-4-15-6(2-9)11-5;/h4H,2-3,9H2,1H3,(H,10,13);1H. The molecule has 0 aliphatic heterocycles. The van der Waals surface area contributed by atoms with Gasteiger partial charge in [-0.15, -0.1) is 23.7 Å². The van der Waals surface area contributed by atoms with E-state index in [1.54, 1.807) is 5.38 Å². The molecule has 3 N–H and O–H groups in total. The van der Waals surface area contributed by atoms with Gasteiger partial charge in [0.2, 0.25) is 0 Å². The van der Waals surface area contributed by atoms with Crippen molar-refractivity contribution in [3.8, 4) is 0 Å². The van der Waals surface area contributed by atoms with Crippen LogP contribution in [0.2, 0.25) is 0 Å². The van der Waals surface area contributed by atoms with E-state index in [0.29, 0.717) is 11.6 Å². The molecule has 0 aliphatic rings. The number of hydrogen-bond donors (Lipinski definition) is 2. The van der Waals surface area contributed by atoms with Crippen molar-refractivity contribution in [1.29, 1.82) is 0 Å². The molecule has 0 saturated heterocycles. The second kappa shape index (κ2) is 7.15. The van der Waals surface area contributed by atoms with Gasteiger partial charge in [0.05, 0.1) is 7.11 Å². The van der Waals surface area contributed by atoms with Crippen molar-refractivity contribution in [2.45, 2.75) is 6.54 Å². The molecule has 90 valence electrons. The van der Waals surface area contributed by atoms with Crippen LogP contribution < -0.4 is 11.1 Å². The fourth-order valence-electron chi connectivity index (χ4n) is 0.824. The van der Waals surface area contributed by atoms with Gasteiger partial charge >= 0.3 is 5.97 Å². The molecule has 16 heavy (non-hydrogen) atoms. The van der Waals surface area contributed by atoms with Gasteiger partial charge in [-0.2, -0.15) is 0 Å². The SMILES string of the molecule is COC(=O)CNC(=O)c1csc(CN)n1.Cl. The Morgan fingerprint density at radius 2 is 2.31 bits per heavy atom. The Labute approximate surface area is 103 Å². The van der Waals surface area contributed by atoms with Gasteiger partial charge in [0.15, 0.2) is 0 Å². The van der Waals surface area contributed by atoms with Crippen LogP contribution in [0.5, 0.6) is 0 Å². The Hall–Kier alpha value is -1.18. The number of carbonyl (C=O) groups excluding carboxylic acids is 2. The molecule has 0 radical (unpaired) electrons. The molecule has 0 unspecified atom stereocenters. The number of thiazole rings is 1. The minimum atomic E-state index is -0.502. The smallest absolute Gasteiger partial charge is 0.325 e. The minimum absolute atomic E-state index is 0. The summed E-state index contributed by atoms with van der Waals surface area (Å²) in [6.07, 6.45) is 0. The number of hydrogen-bond acceptors (Lipinski definition) is 6. The number of nitrogens with zero attached hydrogens (tertiary/aromatic N) is 1. The summed E-state index contributed by atoms with van der Waals surface area (Å²) >= 11 is 1.30. The average Bonchev–Trinajstić information content (AvgIpc) is 2.73. The predicted molar refractivity (Wildman–Crippen MR) is 61.6 cm³/mol. The highest BCUT2D eigenvalue weighted by molar-refractivity contribution is 7.09. The summed E-state index contributed by atoms with van der Waals surface area (Å²) in [5.74, 6) is -0.908. The first kappa shape index (κ1) is 14.8. The van der Waals surface area contributed by atoms with E-state index in [2.05, 4.69) is 15.0 Å². The third-order valence-corrected chi connectivity index (χ3v) is 2.45. The molecule has 1 amide bonds. The quantitative estimate of drug-likeness (QED) is 0.743. The van der Waals surface area contributed by atoms with Crippen molar-refractivity contribution in [2.24, 2.45) is 5.73 Å². The third kappa shape index (κ3) is 4.13. The van der Waals surface area contributed by atoms with Crippen molar-refractivity contribution in [3.05, 3.63) is 16.1 Å². The van der Waals surface area contributed by atoms with Crippen molar-refractivity contribution >= 4 is 35.6 Å². The van der Waals surface area contributed by atoms with Gasteiger partial charge < -0.3 is 15.8 Å². The summed E-state index contributed by atoms with van der Waals surface area (Å²) in [5.41, 5.74) is 5.62. The van der Waals surface area contributed by atoms with Gasteiger partial charge in [0, 0.05) is 11.9 Å². The normalized spacial score (nSPS) is 9.12. The van der Waals surface area contributed by atoms with Crippen molar-refractivity contribution in [2.75, 3.05) is 13.7 Å². The molecule has 6 nitrogen and oxygen atoms in total. The van der Waals surface area contributed by atoms with Crippen LogP contribution in [0, 0.1) is 0 Å². The van der Waals surface area contributed by atoms with Crippen LogP contribution in [0.15, 0.2) is 5.38 Å². The molecule has 1 aromatic heterocycles. The number of rotatable bonds is 4. The van der Waals surface area contributed by atoms with E-state index in [4.69, 9.17) is 5.73 Å². The zero-order chi connectivity index (χ0) is 11.3. The van der Waals surface area contributed by atoms with Gasteiger partial charge in [0.25, 0.3) is 5.91 Å². The maximum absolute atomic E-state index is 11.4. The number of carbonyl (C=O) groups is 2. The van der Waals surface area contributed by atoms with Crippen LogP contribution in [0.4, 0.5) is 0 Å². The summed E-state index contributed by atoms with van der Waals surface area (Å²) < 4.78 is 4.37. The zero-order valence-corrected chi connectivity index (χ0v) is 10.2. The minimum Gasteiger partial charge on any atom is -0.468 e. The second-order valence-corrected chi connectivity index (χ2v) is 3.53. The van der Waals surface area contributed by atoms with Crippen LogP contribution in [-0.4, -0.2) is 30.5 Å². The van der Waals surface area contributed by atoms with Crippen LogP contribution >= 0.6 is 23.7 Å². The molecule has 1 rings (SSSR count). The molecular weight excluding hydrogens is 254 g/mol. The highest BCUT2D eigenvalue weighted by Gasteiger charge is 2.11. The summed E-state index contributed by atoms with van der Waals surface area (Å²) in [7, 11) is 1.25. The number of ether oxygens (including phenoxy) is 1. The Morgan fingerprint density at radius 1 is 1.62 bits per heavy atom. The maximum atomic E-state index is 11.4. The number of nitrogens with one attached hydrogen (secondary N) is 1. The Morgan fingerprint density at radius 3 is 2.81 bits per heavy atom. The van der Waals surface area contributed by atoms with E-state index in [1.165, 1.54) is 18.4 Å². The summed E-state index contributed by atoms with van der Waals surface area (Å²) in [6.45, 7) is 0.139. The lowest BCUT2D eigenvalue weighted by atomic mass is 10.4. The molecule has 0 aliphatic carbocycles. The van der Waals surface area contributed by atoms with E-state index < -0.39 is 11.9 Å². The van der Waals surface area contributed by atoms with Gasteiger partial charge in [-0.3, -0.25) is 9.59 Å². The number of nitrogens with two attached hydrogens (primary N) is 1. The first-order valence-electron chi connectivity index (χ1n) is 4.17. The lowest BCUT2D eigenvalue weighted by molar-refractivity contribution is -0.139. The lowest BCUT2D eigenvalue weighted by Crippen LogP contribution is -2.30. The Balaban J connectivity index is 0.00000225. The summed E-state index contributed by atoms with van der Waals surface area (Å²) in [4.78, 5) is 26.1. The van der Waals surface area contributed by atoms with Crippen LogP contribution in [0.3, 0.4) is 0 Å².